The Labute approximate surface area is 115 Å². The normalized spacial score (nSPS) is 10.4. The second-order valence-corrected chi connectivity index (χ2v) is 4.30. The summed E-state index contributed by atoms with van der Waals surface area (Å²) in [6, 6.07) is 12.5. The number of fused-ring (bicyclic) bond motifs is 1. The molecule has 3 N–H and O–H groups in total. The number of carbonyl (C=O) groups is 1. The second kappa shape index (κ2) is 4.97. The third-order valence-corrected chi connectivity index (χ3v) is 2.93. The number of nitrogen functional groups attached to an aromatic ring is 1. The zero-order valence-electron chi connectivity index (χ0n) is 10.6. The number of benzene rings is 1. The van der Waals surface area contributed by atoms with E-state index in [1.165, 1.54) is 0 Å². The summed E-state index contributed by atoms with van der Waals surface area (Å²) in [5.74, 6) is 0.0291. The molecule has 5 nitrogen and oxygen atoms in total. The first-order chi connectivity index (χ1) is 9.74. The molecular weight excluding hydrogens is 252 g/mol. The number of pyridine rings is 2. The fourth-order valence-electron chi connectivity index (χ4n) is 2.00. The van der Waals surface area contributed by atoms with Crippen molar-refractivity contribution in [1.82, 2.24) is 9.97 Å². The second-order valence-electron chi connectivity index (χ2n) is 4.30. The molecule has 5 heteroatoms. The van der Waals surface area contributed by atoms with Crippen LogP contribution in [-0.2, 0) is 0 Å². The molecule has 0 radical (unpaired) electrons. The van der Waals surface area contributed by atoms with Crippen molar-refractivity contribution < 1.29 is 4.79 Å². The summed E-state index contributed by atoms with van der Waals surface area (Å²) in [5.41, 5.74) is 6.59. The fourth-order valence-corrected chi connectivity index (χ4v) is 2.00. The minimum atomic E-state index is -0.290. The van der Waals surface area contributed by atoms with Crippen LogP contribution in [0.1, 0.15) is 10.5 Å². The van der Waals surface area contributed by atoms with E-state index in [0.29, 0.717) is 5.82 Å². The summed E-state index contributed by atoms with van der Waals surface area (Å²) in [7, 11) is 0. The Morgan fingerprint density at radius 1 is 1.10 bits per heavy atom. The molecule has 0 spiro atoms. The lowest BCUT2D eigenvalue weighted by molar-refractivity contribution is 0.102. The number of anilines is 2. The number of rotatable bonds is 2. The maximum absolute atomic E-state index is 12.2. The first kappa shape index (κ1) is 12.1. The van der Waals surface area contributed by atoms with E-state index in [-0.39, 0.29) is 11.6 Å². The molecule has 0 aliphatic carbocycles. The van der Waals surface area contributed by atoms with Gasteiger partial charge in [-0.25, -0.2) is 4.98 Å². The molecule has 0 aliphatic rings. The van der Waals surface area contributed by atoms with Crippen LogP contribution in [0.25, 0.3) is 10.8 Å². The van der Waals surface area contributed by atoms with Gasteiger partial charge in [-0.05, 0) is 24.3 Å². The Morgan fingerprint density at radius 2 is 1.95 bits per heavy atom. The smallest absolute Gasteiger partial charge is 0.274 e. The molecule has 0 bridgehead atoms. The molecule has 0 aliphatic heterocycles. The Morgan fingerprint density at radius 3 is 2.80 bits per heavy atom. The number of carbonyl (C=O) groups excluding carboxylic acids is 1. The average molecular weight is 264 g/mol. The molecular formula is C15H12N4O. The van der Waals surface area contributed by atoms with Crippen LogP contribution in [0.4, 0.5) is 11.5 Å². The highest BCUT2D eigenvalue weighted by Gasteiger charge is 2.09. The van der Waals surface area contributed by atoms with Gasteiger partial charge in [-0.2, -0.15) is 0 Å². The highest BCUT2D eigenvalue weighted by molar-refractivity contribution is 6.08. The minimum Gasteiger partial charge on any atom is -0.384 e. The van der Waals surface area contributed by atoms with Crippen LogP contribution in [-0.4, -0.2) is 15.9 Å². The molecule has 2 aromatic heterocycles. The lowest BCUT2D eigenvalue weighted by Crippen LogP contribution is -2.14. The zero-order valence-corrected chi connectivity index (χ0v) is 10.6. The SMILES string of the molecule is Nc1cccc(C(=O)Nc2cccc3cnccc23)n1. The molecule has 0 saturated heterocycles. The number of hydrogen-bond acceptors (Lipinski definition) is 4. The predicted molar refractivity (Wildman–Crippen MR) is 78.3 cm³/mol. The number of nitrogens with two attached hydrogens (primary N) is 1. The lowest BCUT2D eigenvalue weighted by atomic mass is 10.1. The van der Waals surface area contributed by atoms with Gasteiger partial charge in [0.25, 0.3) is 5.91 Å². The summed E-state index contributed by atoms with van der Waals surface area (Å²) in [5, 5.41) is 4.74. The van der Waals surface area contributed by atoms with Crippen LogP contribution in [0.15, 0.2) is 54.9 Å². The minimum absolute atomic E-state index is 0.288. The van der Waals surface area contributed by atoms with Gasteiger partial charge in [0.2, 0.25) is 0 Å². The van der Waals surface area contributed by atoms with Crippen molar-refractivity contribution >= 4 is 28.2 Å². The number of amides is 1. The summed E-state index contributed by atoms with van der Waals surface area (Å²) in [4.78, 5) is 20.2. The Hall–Kier alpha value is -2.95. The van der Waals surface area contributed by atoms with Crippen molar-refractivity contribution in [3.8, 4) is 0 Å². The van der Waals surface area contributed by atoms with E-state index in [0.717, 1.165) is 16.5 Å². The van der Waals surface area contributed by atoms with Crippen molar-refractivity contribution in [3.05, 3.63) is 60.6 Å². The van der Waals surface area contributed by atoms with Gasteiger partial charge in [-0.15, -0.1) is 0 Å². The van der Waals surface area contributed by atoms with Crippen molar-refractivity contribution in [2.75, 3.05) is 11.1 Å². The van der Waals surface area contributed by atoms with E-state index in [9.17, 15) is 4.79 Å². The van der Waals surface area contributed by atoms with Gasteiger partial charge in [0.1, 0.15) is 11.5 Å². The quantitative estimate of drug-likeness (QED) is 0.745. The maximum Gasteiger partial charge on any atom is 0.274 e. The largest absolute Gasteiger partial charge is 0.384 e. The van der Waals surface area contributed by atoms with E-state index in [1.807, 2.05) is 24.3 Å². The van der Waals surface area contributed by atoms with Crippen molar-refractivity contribution in [1.29, 1.82) is 0 Å². The van der Waals surface area contributed by atoms with Gasteiger partial charge in [-0.3, -0.25) is 9.78 Å². The number of nitrogens with one attached hydrogen (secondary N) is 1. The summed E-state index contributed by atoms with van der Waals surface area (Å²) in [6.45, 7) is 0. The predicted octanol–water partition coefficient (Wildman–Crippen LogP) is 2.46. The van der Waals surface area contributed by atoms with Gasteiger partial charge in [0.15, 0.2) is 0 Å². The Bertz CT molecular complexity index is 780. The van der Waals surface area contributed by atoms with E-state index in [4.69, 9.17) is 5.73 Å². The number of nitrogens with zero attached hydrogens (tertiary/aromatic N) is 2. The van der Waals surface area contributed by atoms with Crippen LogP contribution in [0, 0.1) is 0 Å². The molecule has 0 unspecified atom stereocenters. The first-order valence-corrected chi connectivity index (χ1v) is 6.11. The molecule has 20 heavy (non-hydrogen) atoms. The third-order valence-electron chi connectivity index (χ3n) is 2.93. The van der Waals surface area contributed by atoms with Crippen LogP contribution < -0.4 is 11.1 Å². The van der Waals surface area contributed by atoms with Crippen molar-refractivity contribution in [2.45, 2.75) is 0 Å². The van der Waals surface area contributed by atoms with Crippen molar-refractivity contribution in [3.63, 3.8) is 0 Å². The molecule has 1 amide bonds. The van der Waals surface area contributed by atoms with Crippen LogP contribution >= 0.6 is 0 Å². The van der Waals surface area contributed by atoms with Gasteiger partial charge in [-0.1, -0.05) is 18.2 Å². The van der Waals surface area contributed by atoms with Gasteiger partial charge >= 0.3 is 0 Å². The van der Waals surface area contributed by atoms with E-state index >= 15 is 0 Å². The van der Waals surface area contributed by atoms with Gasteiger partial charge in [0.05, 0.1) is 0 Å². The van der Waals surface area contributed by atoms with E-state index in [1.54, 1.807) is 30.6 Å². The molecule has 0 saturated carbocycles. The highest BCUT2D eigenvalue weighted by Crippen LogP contribution is 2.22. The van der Waals surface area contributed by atoms with Gasteiger partial charge < -0.3 is 11.1 Å². The summed E-state index contributed by atoms with van der Waals surface area (Å²) >= 11 is 0. The third kappa shape index (κ3) is 2.29. The fraction of sp³-hybridized carbons (Fsp3) is 0. The standard InChI is InChI=1S/C15H12N4O/c16-14-6-2-5-13(18-14)15(20)19-12-4-1-3-10-9-17-8-7-11(10)12/h1-9H,(H2,16,18)(H,19,20). The number of aromatic nitrogens is 2. The Kier molecular flexibility index (Phi) is 3.01. The average Bonchev–Trinajstić information content (AvgIpc) is 2.47. The monoisotopic (exact) mass is 264 g/mol. The molecule has 2 heterocycles. The maximum atomic E-state index is 12.2. The topological polar surface area (TPSA) is 80.9 Å². The van der Waals surface area contributed by atoms with E-state index in [2.05, 4.69) is 15.3 Å². The van der Waals surface area contributed by atoms with E-state index < -0.39 is 0 Å². The summed E-state index contributed by atoms with van der Waals surface area (Å²) in [6.07, 6.45) is 3.44. The molecule has 3 aromatic rings. The van der Waals surface area contributed by atoms with Crippen LogP contribution in [0.2, 0.25) is 0 Å². The number of hydrogen-bond donors (Lipinski definition) is 2. The molecule has 1 aromatic carbocycles. The Balaban J connectivity index is 1.95. The summed E-state index contributed by atoms with van der Waals surface area (Å²) < 4.78 is 0. The highest BCUT2D eigenvalue weighted by atomic mass is 16.1. The van der Waals surface area contributed by atoms with Crippen molar-refractivity contribution in [2.24, 2.45) is 0 Å². The van der Waals surface area contributed by atoms with Crippen LogP contribution in [0.5, 0.6) is 0 Å². The van der Waals surface area contributed by atoms with Gasteiger partial charge in [0, 0.05) is 28.9 Å². The van der Waals surface area contributed by atoms with Crippen LogP contribution in [0.3, 0.4) is 0 Å². The zero-order chi connectivity index (χ0) is 13.9. The molecule has 3 rings (SSSR count). The molecule has 98 valence electrons. The lowest BCUT2D eigenvalue weighted by Gasteiger charge is -2.08. The molecule has 0 fully saturated rings. The first-order valence-electron chi connectivity index (χ1n) is 6.11. The molecule has 0 atom stereocenters.